The van der Waals surface area contributed by atoms with Gasteiger partial charge in [0.1, 0.15) is 17.9 Å². The second kappa shape index (κ2) is 15.1. The quantitative estimate of drug-likeness (QED) is 0.0761. The van der Waals surface area contributed by atoms with Crippen molar-refractivity contribution in [2.24, 2.45) is 11.1 Å². The number of ketones is 1. The van der Waals surface area contributed by atoms with Crippen LogP contribution in [0.4, 0.5) is 5.13 Å². The number of likely N-dealkylation sites (tertiary alicyclic amines) is 1. The Morgan fingerprint density at radius 2 is 1.92 bits per heavy atom. The number of amides is 2. The number of carbonyl (C=O) groups is 5. The average Bonchev–Trinajstić information content (AvgIpc) is 3.72. The van der Waals surface area contributed by atoms with Gasteiger partial charge in [-0.15, -0.1) is 23.1 Å². The molecule has 51 heavy (non-hydrogen) atoms. The number of aromatic hydroxyl groups is 1. The first-order chi connectivity index (χ1) is 24.1. The summed E-state index contributed by atoms with van der Waals surface area (Å²) >= 11 is 8.69. The number of aliphatic carboxylic acids is 2. The number of phenolic OH excluding ortho intramolecular Hbond substituents is 1. The normalized spacial score (nSPS) is 20.0. The number of aromatic nitrogens is 1. The molecule has 2 amide bonds. The highest BCUT2D eigenvalue weighted by atomic mass is 35.5. The third-order valence-electron chi connectivity index (χ3n) is 9.11. The predicted octanol–water partition coefficient (Wildman–Crippen LogP) is 2.55. The Morgan fingerprint density at radius 3 is 2.53 bits per heavy atom. The Kier molecular flexibility index (Phi) is 11.2. The molecule has 2 fully saturated rings. The number of thiazole rings is 1. The van der Waals surface area contributed by atoms with Gasteiger partial charge in [-0.05, 0) is 26.0 Å². The Hall–Kier alpha value is -4.39. The average molecular weight is 766 g/mol. The van der Waals surface area contributed by atoms with E-state index in [1.807, 2.05) is 0 Å². The van der Waals surface area contributed by atoms with E-state index in [4.69, 9.17) is 26.9 Å². The van der Waals surface area contributed by atoms with Gasteiger partial charge in [-0.25, -0.2) is 14.6 Å². The zero-order chi connectivity index (χ0) is 37.2. The number of quaternary nitrogens is 1. The lowest BCUT2D eigenvalue weighted by Crippen LogP contribution is -2.63. The van der Waals surface area contributed by atoms with Gasteiger partial charge in [0.25, 0.3) is 5.91 Å². The molecule has 3 aliphatic rings. The second-order valence-corrected chi connectivity index (χ2v) is 15.3. The number of β-lactam (4-membered cyclic amide) rings is 1. The molecule has 2 aromatic rings. The van der Waals surface area contributed by atoms with E-state index in [9.17, 15) is 39.3 Å². The molecule has 2 saturated heterocycles. The number of nitrogens with one attached hydrogen (secondary N) is 1. The molecule has 0 bridgehead atoms. The van der Waals surface area contributed by atoms with Crippen LogP contribution in [-0.4, -0.2) is 121 Å². The molecule has 0 radical (unpaired) electrons. The summed E-state index contributed by atoms with van der Waals surface area (Å²) in [5, 5.41) is 37.3. The van der Waals surface area contributed by atoms with Crippen molar-refractivity contribution in [1.82, 2.24) is 15.2 Å². The zero-order valence-corrected chi connectivity index (χ0v) is 30.4. The number of rotatable bonds is 15. The van der Waals surface area contributed by atoms with Crippen LogP contribution in [0.25, 0.3) is 0 Å². The van der Waals surface area contributed by atoms with E-state index in [-0.39, 0.29) is 57.3 Å². The number of Topliss-reactive ketones (excluding diaryl/α,β-unsaturated/α-hetero) is 1. The Balaban J connectivity index is 1.29. The third-order valence-corrected chi connectivity index (χ3v) is 11.6. The molecule has 19 heteroatoms. The Labute approximate surface area is 305 Å². The standard InChI is InChI=1S/C32H37ClN6O10S2/c1-32(2,30(46)47)49-37-23(19-15-51-31(34)36-19)21(41)12-18-27(43)38-24(29(44)45)16(14-50-28(18)38)13-39(9-4-5-10-39)11-8-35-26(42)17-6-7-20(40)25(48-3)22(17)33/h6-7,15,18,28H,4-5,8-14H2,1-3H3,(H5-,34,35,36,40,42,44,45,46,47)/p+1/b37-23-. The lowest BCUT2D eigenvalue weighted by atomic mass is 9.89. The highest BCUT2D eigenvalue weighted by Crippen LogP contribution is 2.46. The van der Waals surface area contributed by atoms with Crippen molar-refractivity contribution >= 4 is 75.1 Å². The van der Waals surface area contributed by atoms with E-state index in [2.05, 4.69) is 15.5 Å². The van der Waals surface area contributed by atoms with Gasteiger partial charge in [0, 0.05) is 36.0 Å². The molecule has 16 nitrogen and oxygen atoms in total. The molecule has 6 N–H and O–H groups in total. The first-order valence-electron chi connectivity index (χ1n) is 15.9. The monoisotopic (exact) mass is 765 g/mol. The Morgan fingerprint density at radius 1 is 1.22 bits per heavy atom. The molecule has 1 aromatic carbocycles. The number of hydrogen-bond acceptors (Lipinski definition) is 13. The van der Waals surface area contributed by atoms with E-state index in [1.54, 1.807) is 0 Å². The van der Waals surface area contributed by atoms with Crippen LogP contribution in [0.3, 0.4) is 0 Å². The minimum Gasteiger partial charge on any atom is -0.504 e. The first kappa shape index (κ1) is 37.9. The number of nitrogens with zero attached hydrogens (tertiary/aromatic N) is 4. The first-order valence-corrected chi connectivity index (χ1v) is 18.2. The molecule has 2 unspecified atom stereocenters. The van der Waals surface area contributed by atoms with Gasteiger partial charge in [-0.1, -0.05) is 16.8 Å². The summed E-state index contributed by atoms with van der Waals surface area (Å²) in [5.41, 5.74) is 4.39. The van der Waals surface area contributed by atoms with Crippen molar-refractivity contribution in [3.05, 3.63) is 45.1 Å². The van der Waals surface area contributed by atoms with Gasteiger partial charge in [0.2, 0.25) is 11.5 Å². The van der Waals surface area contributed by atoms with Crippen LogP contribution in [0.5, 0.6) is 11.5 Å². The van der Waals surface area contributed by atoms with Crippen molar-refractivity contribution in [1.29, 1.82) is 0 Å². The number of oxime groups is 1. The fourth-order valence-corrected chi connectivity index (χ4v) is 8.63. The topological polar surface area (TPSA) is 231 Å². The molecule has 4 heterocycles. The lowest BCUT2D eigenvalue weighted by molar-refractivity contribution is -0.911. The van der Waals surface area contributed by atoms with E-state index in [0.717, 1.165) is 37.3 Å². The largest absolute Gasteiger partial charge is 0.504 e. The third kappa shape index (κ3) is 7.78. The zero-order valence-electron chi connectivity index (χ0n) is 28.0. The number of fused-ring (bicyclic) bond motifs is 1. The molecule has 5 rings (SSSR count). The number of phenols is 1. The van der Waals surface area contributed by atoms with E-state index < -0.39 is 46.4 Å². The number of carboxylic acid groups (broad SMARTS) is 2. The maximum absolute atomic E-state index is 13.5. The predicted molar refractivity (Wildman–Crippen MR) is 188 cm³/mol. The van der Waals surface area contributed by atoms with Crippen LogP contribution in [-0.2, 0) is 24.0 Å². The molecule has 0 saturated carbocycles. The summed E-state index contributed by atoms with van der Waals surface area (Å²) in [4.78, 5) is 74.7. The van der Waals surface area contributed by atoms with Gasteiger partial charge in [0.15, 0.2) is 28.1 Å². The number of anilines is 1. The molecule has 0 spiro atoms. The smallest absolute Gasteiger partial charge is 0.352 e. The van der Waals surface area contributed by atoms with Crippen molar-refractivity contribution in [3.63, 3.8) is 0 Å². The lowest BCUT2D eigenvalue weighted by Gasteiger charge is -2.50. The number of benzene rings is 1. The number of carbonyl (C=O) groups excluding carboxylic acids is 3. The minimum absolute atomic E-state index is 0.00669. The number of nitrogen functional groups attached to an aromatic ring is 1. The highest BCUT2D eigenvalue weighted by Gasteiger charge is 2.55. The number of nitrogens with two attached hydrogens (primary N) is 1. The van der Waals surface area contributed by atoms with Gasteiger partial charge in [-0.2, -0.15) is 0 Å². The maximum Gasteiger partial charge on any atom is 0.352 e. The number of hydrogen-bond donors (Lipinski definition) is 5. The summed E-state index contributed by atoms with van der Waals surface area (Å²) in [7, 11) is 1.33. The van der Waals surface area contributed by atoms with Crippen molar-refractivity contribution in [3.8, 4) is 11.5 Å². The summed E-state index contributed by atoms with van der Waals surface area (Å²) in [6.07, 6.45) is 1.49. The van der Waals surface area contributed by atoms with Crippen molar-refractivity contribution in [2.75, 3.05) is 51.3 Å². The van der Waals surface area contributed by atoms with Crippen molar-refractivity contribution in [2.45, 2.75) is 44.1 Å². The number of carboxylic acids is 2. The van der Waals surface area contributed by atoms with Crippen LogP contribution in [0.2, 0.25) is 5.02 Å². The number of ether oxygens (including phenoxy) is 1. The van der Waals surface area contributed by atoms with Crippen LogP contribution in [0.1, 0.15) is 49.2 Å². The van der Waals surface area contributed by atoms with Gasteiger partial charge in [-0.3, -0.25) is 19.3 Å². The fourth-order valence-electron chi connectivity index (χ4n) is 6.36. The number of halogens is 1. The van der Waals surface area contributed by atoms with Crippen LogP contribution in [0, 0.1) is 5.92 Å². The second-order valence-electron chi connectivity index (χ2n) is 12.9. The van der Waals surface area contributed by atoms with Gasteiger partial charge < -0.3 is 40.4 Å². The van der Waals surface area contributed by atoms with E-state index in [0.29, 0.717) is 28.9 Å². The molecule has 1 aromatic heterocycles. The number of methoxy groups -OCH3 is 1. The fraction of sp³-hybridized carbons (Fsp3) is 0.469. The summed E-state index contributed by atoms with van der Waals surface area (Å²) < 4.78 is 5.61. The minimum atomic E-state index is -1.76. The highest BCUT2D eigenvalue weighted by molar-refractivity contribution is 8.00. The van der Waals surface area contributed by atoms with Crippen LogP contribution in [0.15, 0.2) is 33.9 Å². The Bertz CT molecular complexity index is 1820. The molecule has 0 aliphatic carbocycles. The SMILES string of the molecule is COc1c(O)ccc(C(=O)NCC[N+]2(CC3=C(C(=O)O)N4C(=O)C(CC(=O)/C(=N\OC(C)(C)C(=O)O)c5csc(N)n5)C4SC3)CCCC2)c1Cl. The van der Waals surface area contributed by atoms with Crippen molar-refractivity contribution < 1.29 is 53.3 Å². The molecule has 2 atom stereocenters. The van der Waals surface area contributed by atoms with E-state index >= 15 is 0 Å². The van der Waals surface area contributed by atoms with Crippen LogP contribution < -0.4 is 15.8 Å². The molecule has 3 aliphatic heterocycles. The summed E-state index contributed by atoms with van der Waals surface area (Å²) in [6, 6.07) is 2.72. The molecule has 274 valence electrons. The molecular weight excluding hydrogens is 728 g/mol. The summed E-state index contributed by atoms with van der Waals surface area (Å²) in [6.45, 7) is 5.14. The molecular formula is C32H38ClN6O10S2+. The maximum atomic E-state index is 13.5. The number of thioether (sulfide) groups is 1. The summed E-state index contributed by atoms with van der Waals surface area (Å²) in [5.74, 6) is -4.92. The van der Waals surface area contributed by atoms with Gasteiger partial charge in [0.05, 0.1) is 55.2 Å². The van der Waals surface area contributed by atoms with Gasteiger partial charge >= 0.3 is 11.9 Å². The van der Waals surface area contributed by atoms with E-state index in [1.165, 1.54) is 55.1 Å². The van der Waals surface area contributed by atoms with Crippen LogP contribution >= 0.6 is 34.7 Å².